The SMILES string of the molecule is CCC[C@@H](CCO)Nc1nc(N)nc2cnn(Cc3ccc(CCC4CCOCC4)cc3OC)c12. The van der Waals surface area contributed by atoms with Crippen molar-refractivity contribution in [3.63, 3.8) is 0 Å². The number of hydrogen-bond donors (Lipinski definition) is 3. The van der Waals surface area contributed by atoms with Crippen LogP contribution in [0.4, 0.5) is 11.8 Å². The van der Waals surface area contributed by atoms with E-state index in [2.05, 4.69) is 45.5 Å². The van der Waals surface area contributed by atoms with Crippen LogP contribution in [0.3, 0.4) is 0 Å². The van der Waals surface area contributed by atoms with Gasteiger partial charge in [-0.2, -0.15) is 10.1 Å². The Hall–Kier alpha value is -2.91. The van der Waals surface area contributed by atoms with Crippen LogP contribution in [0.2, 0.25) is 0 Å². The van der Waals surface area contributed by atoms with Crippen molar-refractivity contribution in [2.45, 2.75) is 64.5 Å². The van der Waals surface area contributed by atoms with E-state index in [0.29, 0.717) is 24.3 Å². The number of methoxy groups -OCH3 is 1. The number of nitrogens with zero attached hydrogens (tertiary/aromatic N) is 4. The molecular weight excluding hydrogens is 444 g/mol. The fourth-order valence-electron chi connectivity index (χ4n) is 4.87. The van der Waals surface area contributed by atoms with Crippen LogP contribution in [0.5, 0.6) is 5.75 Å². The fraction of sp³-hybridized carbons (Fsp3) is 0.577. The highest BCUT2D eigenvalue weighted by Gasteiger charge is 2.18. The molecule has 4 N–H and O–H groups in total. The Morgan fingerprint density at radius 3 is 2.83 bits per heavy atom. The zero-order valence-electron chi connectivity index (χ0n) is 20.9. The number of nitrogens with two attached hydrogens (primary N) is 1. The summed E-state index contributed by atoms with van der Waals surface area (Å²) in [6.45, 7) is 4.53. The Labute approximate surface area is 207 Å². The molecule has 0 bridgehead atoms. The molecule has 1 aliphatic rings. The third-order valence-corrected chi connectivity index (χ3v) is 6.82. The normalized spacial score (nSPS) is 15.4. The molecule has 0 radical (unpaired) electrons. The zero-order valence-corrected chi connectivity index (χ0v) is 20.9. The van der Waals surface area contributed by atoms with Crippen molar-refractivity contribution in [1.29, 1.82) is 0 Å². The number of benzene rings is 1. The number of aliphatic hydroxyl groups excluding tert-OH is 1. The van der Waals surface area contributed by atoms with Gasteiger partial charge in [0.2, 0.25) is 5.95 Å². The molecule has 190 valence electrons. The van der Waals surface area contributed by atoms with Crippen LogP contribution >= 0.6 is 0 Å². The Kier molecular flexibility index (Phi) is 8.76. The Balaban J connectivity index is 1.55. The summed E-state index contributed by atoms with van der Waals surface area (Å²) in [7, 11) is 1.71. The van der Waals surface area contributed by atoms with Crippen LogP contribution in [0.25, 0.3) is 11.0 Å². The summed E-state index contributed by atoms with van der Waals surface area (Å²) in [4.78, 5) is 8.86. The number of aryl methyl sites for hydroxylation is 1. The van der Waals surface area contributed by atoms with Gasteiger partial charge in [-0.1, -0.05) is 25.5 Å². The molecule has 35 heavy (non-hydrogen) atoms. The van der Waals surface area contributed by atoms with Gasteiger partial charge in [0.1, 0.15) is 16.8 Å². The van der Waals surface area contributed by atoms with Crippen molar-refractivity contribution in [3.05, 3.63) is 35.5 Å². The average molecular weight is 483 g/mol. The molecule has 1 atom stereocenters. The van der Waals surface area contributed by atoms with Gasteiger partial charge in [0, 0.05) is 31.4 Å². The Morgan fingerprint density at radius 2 is 2.09 bits per heavy atom. The molecule has 0 spiro atoms. The standard InChI is InChI=1S/C26H38N6O3/c1-3-4-21(9-12-33)29-25-24-22(30-26(27)31-25)16-28-32(24)17-20-8-7-19(15-23(20)34-2)6-5-18-10-13-35-14-11-18/h7-8,15-16,18,21,33H,3-6,9-14,17H2,1-2H3,(H3,27,29,30,31)/t21-/m0/s1. The van der Waals surface area contributed by atoms with Crippen molar-refractivity contribution in [3.8, 4) is 5.75 Å². The van der Waals surface area contributed by atoms with Gasteiger partial charge in [-0.15, -0.1) is 0 Å². The molecule has 1 aliphatic heterocycles. The van der Waals surface area contributed by atoms with Gasteiger partial charge in [0.05, 0.1) is 19.9 Å². The number of ether oxygens (including phenoxy) is 2. The molecular formula is C26H38N6O3. The van der Waals surface area contributed by atoms with E-state index in [0.717, 1.165) is 68.1 Å². The van der Waals surface area contributed by atoms with E-state index in [1.807, 2.05) is 4.68 Å². The minimum atomic E-state index is 0.0930. The van der Waals surface area contributed by atoms with E-state index in [9.17, 15) is 5.11 Å². The second-order valence-electron chi connectivity index (χ2n) is 9.35. The Morgan fingerprint density at radius 1 is 1.26 bits per heavy atom. The van der Waals surface area contributed by atoms with Crippen molar-refractivity contribution in [1.82, 2.24) is 19.7 Å². The third-order valence-electron chi connectivity index (χ3n) is 6.82. The highest BCUT2D eigenvalue weighted by molar-refractivity contribution is 5.86. The summed E-state index contributed by atoms with van der Waals surface area (Å²) in [5.41, 5.74) is 9.78. The first-order valence-corrected chi connectivity index (χ1v) is 12.7. The number of hydrogen-bond acceptors (Lipinski definition) is 8. The topological polar surface area (TPSA) is 120 Å². The molecule has 0 aliphatic carbocycles. The maximum Gasteiger partial charge on any atom is 0.222 e. The molecule has 0 unspecified atom stereocenters. The van der Waals surface area contributed by atoms with Gasteiger partial charge in [-0.3, -0.25) is 4.68 Å². The lowest BCUT2D eigenvalue weighted by molar-refractivity contribution is 0.0640. The predicted molar refractivity (Wildman–Crippen MR) is 138 cm³/mol. The van der Waals surface area contributed by atoms with Crippen LogP contribution in [-0.4, -0.2) is 57.8 Å². The number of nitrogens with one attached hydrogen (secondary N) is 1. The third kappa shape index (κ3) is 6.41. The molecule has 3 aromatic rings. The van der Waals surface area contributed by atoms with Crippen LogP contribution in [-0.2, 0) is 17.7 Å². The van der Waals surface area contributed by atoms with Crippen molar-refractivity contribution in [2.24, 2.45) is 5.92 Å². The number of rotatable bonds is 12. The number of aromatic nitrogens is 4. The molecule has 3 heterocycles. The van der Waals surface area contributed by atoms with Crippen molar-refractivity contribution < 1.29 is 14.6 Å². The van der Waals surface area contributed by atoms with E-state index < -0.39 is 0 Å². The molecule has 9 nitrogen and oxygen atoms in total. The number of fused-ring (bicyclic) bond motifs is 1. The highest BCUT2D eigenvalue weighted by Crippen LogP contribution is 2.28. The highest BCUT2D eigenvalue weighted by atomic mass is 16.5. The summed E-state index contributed by atoms with van der Waals surface area (Å²) < 4.78 is 13.1. The Bertz CT molecular complexity index is 1090. The minimum Gasteiger partial charge on any atom is -0.496 e. The van der Waals surface area contributed by atoms with Crippen LogP contribution < -0.4 is 15.8 Å². The molecule has 1 aromatic carbocycles. The molecule has 1 saturated heterocycles. The van der Waals surface area contributed by atoms with E-state index in [4.69, 9.17) is 15.2 Å². The zero-order chi connectivity index (χ0) is 24.6. The summed E-state index contributed by atoms with van der Waals surface area (Å²) in [6, 6.07) is 6.56. The quantitative estimate of drug-likeness (QED) is 0.357. The van der Waals surface area contributed by atoms with Crippen molar-refractivity contribution in [2.75, 3.05) is 38.0 Å². The van der Waals surface area contributed by atoms with E-state index in [1.54, 1.807) is 13.3 Å². The summed E-state index contributed by atoms with van der Waals surface area (Å²) in [6.07, 6.45) is 8.80. The van der Waals surface area contributed by atoms with Gasteiger partial charge >= 0.3 is 0 Å². The first kappa shape index (κ1) is 25.2. The van der Waals surface area contributed by atoms with Crippen LogP contribution in [0.15, 0.2) is 24.4 Å². The predicted octanol–water partition coefficient (Wildman–Crippen LogP) is 3.79. The minimum absolute atomic E-state index is 0.0930. The van der Waals surface area contributed by atoms with Gasteiger partial charge in [-0.05, 0) is 56.1 Å². The molecule has 0 saturated carbocycles. The first-order valence-electron chi connectivity index (χ1n) is 12.7. The second-order valence-corrected chi connectivity index (χ2v) is 9.35. The van der Waals surface area contributed by atoms with Crippen LogP contribution in [0.1, 0.15) is 56.6 Å². The fourth-order valence-corrected chi connectivity index (χ4v) is 4.87. The summed E-state index contributed by atoms with van der Waals surface area (Å²) in [5, 5.41) is 17.5. The summed E-state index contributed by atoms with van der Waals surface area (Å²) in [5.74, 6) is 2.44. The maximum absolute atomic E-state index is 9.48. The van der Waals surface area contributed by atoms with Gasteiger partial charge < -0.3 is 25.6 Å². The molecule has 4 rings (SSSR count). The number of nitrogen functional groups attached to an aromatic ring is 1. The number of anilines is 2. The maximum atomic E-state index is 9.48. The monoisotopic (exact) mass is 482 g/mol. The first-order chi connectivity index (χ1) is 17.1. The van der Waals surface area contributed by atoms with Crippen molar-refractivity contribution >= 4 is 22.8 Å². The van der Waals surface area contributed by atoms with Gasteiger partial charge in [0.15, 0.2) is 5.82 Å². The van der Waals surface area contributed by atoms with E-state index >= 15 is 0 Å². The molecule has 1 fully saturated rings. The van der Waals surface area contributed by atoms with Gasteiger partial charge in [-0.25, -0.2) is 4.98 Å². The molecule has 9 heteroatoms. The summed E-state index contributed by atoms with van der Waals surface area (Å²) >= 11 is 0. The lowest BCUT2D eigenvalue weighted by atomic mass is 9.92. The van der Waals surface area contributed by atoms with Gasteiger partial charge in [0.25, 0.3) is 0 Å². The smallest absolute Gasteiger partial charge is 0.222 e. The lowest BCUT2D eigenvalue weighted by Gasteiger charge is -2.22. The average Bonchev–Trinajstić information content (AvgIpc) is 3.26. The second kappa shape index (κ2) is 12.2. The van der Waals surface area contributed by atoms with E-state index in [1.165, 1.54) is 12.0 Å². The largest absolute Gasteiger partial charge is 0.496 e. The molecule has 0 amide bonds. The van der Waals surface area contributed by atoms with E-state index in [-0.39, 0.29) is 18.6 Å². The lowest BCUT2D eigenvalue weighted by Crippen LogP contribution is -2.22. The van der Waals surface area contributed by atoms with Crippen LogP contribution in [0, 0.1) is 5.92 Å². The number of aliphatic hydroxyl groups is 1. The molecule has 2 aromatic heterocycles.